The van der Waals surface area contributed by atoms with Crippen molar-refractivity contribution in [2.24, 2.45) is 0 Å². The van der Waals surface area contributed by atoms with E-state index >= 15 is 0 Å². The van der Waals surface area contributed by atoms with Crippen LogP contribution in [0.1, 0.15) is 11.1 Å². The number of para-hydroxylation sites is 2. The lowest BCUT2D eigenvalue weighted by molar-refractivity contribution is 0.245. The maximum absolute atomic E-state index is 10.1. The molecule has 3 N–H and O–H groups in total. The number of benzene rings is 2. The van der Waals surface area contributed by atoms with Crippen LogP contribution in [0.2, 0.25) is 0 Å². The number of hydrogen-bond donors (Lipinski definition) is 3. The van der Waals surface area contributed by atoms with Gasteiger partial charge in [-0.1, -0.05) is 24.3 Å². The Bertz CT molecular complexity index is 753. The molecule has 1 aliphatic heterocycles. The fourth-order valence-corrected chi connectivity index (χ4v) is 3.27. The van der Waals surface area contributed by atoms with Gasteiger partial charge < -0.3 is 20.2 Å². The molecule has 2 aromatic rings. The van der Waals surface area contributed by atoms with Crippen molar-refractivity contribution < 1.29 is 15.3 Å². The lowest BCUT2D eigenvalue weighted by Crippen LogP contribution is -2.46. The van der Waals surface area contributed by atoms with Crippen LogP contribution in [0, 0.1) is 0 Å². The molecule has 0 atom stereocenters. The molecule has 1 fully saturated rings. The zero-order valence-electron chi connectivity index (χ0n) is 14.2. The third kappa shape index (κ3) is 3.88. The van der Waals surface area contributed by atoms with Crippen LogP contribution in [-0.2, 0) is 13.0 Å². The number of anilines is 1. The van der Waals surface area contributed by atoms with Crippen molar-refractivity contribution in [3.8, 4) is 17.2 Å². The average molecular weight is 340 g/mol. The van der Waals surface area contributed by atoms with E-state index in [1.54, 1.807) is 18.2 Å². The molecule has 1 saturated heterocycles. The molecule has 1 aliphatic rings. The molecule has 132 valence electrons. The summed E-state index contributed by atoms with van der Waals surface area (Å²) in [6, 6.07) is 10.9. The molecule has 0 saturated carbocycles. The summed E-state index contributed by atoms with van der Waals surface area (Å²) in [5.74, 6) is 0.175. The van der Waals surface area contributed by atoms with E-state index in [-0.39, 0.29) is 11.5 Å². The Kier molecular flexibility index (Phi) is 5.14. The molecule has 3 rings (SSSR count). The van der Waals surface area contributed by atoms with Crippen LogP contribution in [-0.4, -0.2) is 46.4 Å². The third-order valence-electron chi connectivity index (χ3n) is 4.60. The van der Waals surface area contributed by atoms with E-state index in [0.717, 1.165) is 43.0 Å². The molecule has 0 aliphatic carbocycles. The van der Waals surface area contributed by atoms with E-state index in [0.29, 0.717) is 18.7 Å². The Morgan fingerprint density at radius 1 is 0.960 bits per heavy atom. The first kappa shape index (κ1) is 17.2. The number of phenols is 3. The maximum Gasteiger partial charge on any atom is 0.162 e. The van der Waals surface area contributed by atoms with E-state index in [1.807, 2.05) is 24.3 Å². The quantitative estimate of drug-likeness (QED) is 0.577. The Morgan fingerprint density at radius 3 is 2.36 bits per heavy atom. The predicted octanol–water partition coefficient (Wildman–Crippen LogP) is 2.85. The fourth-order valence-electron chi connectivity index (χ4n) is 3.27. The number of allylic oxidation sites excluding steroid dienone is 1. The van der Waals surface area contributed by atoms with E-state index in [1.165, 1.54) is 0 Å². The summed E-state index contributed by atoms with van der Waals surface area (Å²) < 4.78 is 0. The maximum atomic E-state index is 10.1. The highest BCUT2D eigenvalue weighted by molar-refractivity contribution is 5.57. The van der Waals surface area contributed by atoms with Gasteiger partial charge in [-0.05, 0) is 30.2 Å². The van der Waals surface area contributed by atoms with Crippen LogP contribution >= 0.6 is 0 Å². The van der Waals surface area contributed by atoms with Gasteiger partial charge in [0.05, 0.1) is 5.69 Å². The molecule has 2 aromatic carbocycles. The van der Waals surface area contributed by atoms with Crippen LogP contribution in [0.25, 0.3) is 0 Å². The average Bonchev–Trinajstić information content (AvgIpc) is 2.61. The van der Waals surface area contributed by atoms with Gasteiger partial charge in [0.2, 0.25) is 0 Å². The number of hydrogen-bond acceptors (Lipinski definition) is 5. The zero-order chi connectivity index (χ0) is 17.8. The molecule has 25 heavy (non-hydrogen) atoms. The number of aromatic hydroxyl groups is 3. The van der Waals surface area contributed by atoms with Crippen molar-refractivity contribution in [3.05, 3.63) is 60.2 Å². The van der Waals surface area contributed by atoms with Crippen LogP contribution in [0.15, 0.2) is 49.1 Å². The smallest absolute Gasteiger partial charge is 0.162 e. The molecule has 0 aromatic heterocycles. The first-order valence-corrected chi connectivity index (χ1v) is 8.48. The molecular formula is C20H24N2O3. The van der Waals surface area contributed by atoms with Crippen molar-refractivity contribution >= 4 is 5.69 Å². The minimum atomic E-state index is -0.0813. The van der Waals surface area contributed by atoms with Gasteiger partial charge in [-0.3, -0.25) is 4.90 Å². The zero-order valence-corrected chi connectivity index (χ0v) is 14.2. The van der Waals surface area contributed by atoms with Crippen LogP contribution < -0.4 is 4.90 Å². The van der Waals surface area contributed by atoms with Crippen molar-refractivity contribution in [2.75, 3.05) is 31.1 Å². The molecule has 5 heteroatoms. The van der Waals surface area contributed by atoms with E-state index in [4.69, 9.17) is 0 Å². The Morgan fingerprint density at radius 2 is 1.68 bits per heavy atom. The highest BCUT2D eigenvalue weighted by atomic mass is 16.3. The van der Waals surface area contributed by atoms with Crippen LogP contribution in [0.5, 0.6) is 17.2 Å². The lowest BCUT2D eigenvalue weighted by Gasteiger charge is -2.36. The van der Waals surface area contributed by atoms with E-state index in [9.17, 15) is 15.3 Å². The van der Waals surface area contributed by atoms with Gasteiger partial charge in [-0.25, -0.2) is 0 Å². The second-order valence-electron chi connectivity index (χ2n) is 6.37. The van der Waals surface area contributed by atoms with Crippen molar-refractivity contribution in [3.63, 3.8) is 0 Å². The SMILES string of the molecule is C=CCc1cc(O)c(O)c(CN2CCN(c3ccccc3O)CC2)c1. The molecular weight excluding hydrogens is 316 g/mol. The summed E-state index contributed by atoms with van der Waals surface area (Å²) in [6.45, 7) is 7.54. The minimum Gasteiger partial charge on any atom is -0.506 e. The summed E-state index contributed by atoms with van der Waals surface area (Å²) in [6.07, 6.45) is 2.43. The Labute approximate surface area is 148 Å². The summed E-state index contributed by atoms with van der Waals surface area (Å²) >= 11 is 0. The number of piperazine rings is 1. The number of phenolic OH excluding ortho intramolecular Hbond substituents is 3. The van der Waals surface area contributed by atoms with Crippen LogP contribution in [0.3, 0.4) is 0 Å². The number of rotatable bonds is 5. The molecule has 1 heterocycles. The number of nitrogens with zero attached hydrogens (tertiary/aromatic N) is 2. The van der Waals surface area contributed by atoms with Crippen molar-refractivity contribution in [2.45, 2.75) is 13.0 Å². The summed E-state index contributed by atoms with van der Waals surface area (Å²) in [7, 11) is 0. The molecule has 0 spiro atoms. The highest BCUT2D eigenvalue weighted by Gasteiger charge is 2.20. The third-order valence-corrected chi connectivity index (χ3v) is 4.60. The largest absolute Gasteiger partial charge is 0.506 e. The van der Waals surface area contributed by atoms with Gasteiger partial charge in [0.15, 0.2) is 11.5 Å². The van der Waals surface area contributed by atoms with Gasteiger partial charge >= 0.3 is 0 Å². The predicted molar refractivity (Wildman–Crippen MR) is 99.3 cm³/mol. The topological polar surface area (TPSA) is 67.2 Å². The minimum absolute atomic E-state index is 0.0454. The van der Waals surface area contributed by atoms with Crippen molar-refractivity contribution in [1.29, 1.82) is 0 Å². The van der Waals surface area contributed by atoms with Gasteiger partial charge in [0, 0.05) is 38.3 Å². The molecule has 0 bridgehead atoms. The first-order valence-electron chi connectivity index (χ1n) is 8.48. The Hall–Kier alpha value is -2.66. The second-order valence-corrected chi connectivity index (χ2v) is 6.37. The molecule has 0 radical (unpaired) electrons. The standard InChI is InChI=1S/C20H24N2O3/c1-2-5-15-12-16(20(25)19(24)13-15)14-21-8-10-22(11-9-21)17-6-3-4-7-18(17)23/h2-4,6-7,12-13,23-25H,1,5,8-11,14H2. The lowest BCUT2D eigenvalue weighted by atomic mass is 10.1. The molecule has 5 nitrogen and oxygen atoms in total. The normalized spacial score (nSPS) is 15.3. The Balaban J connectivity index is 1.66. The monoisotopic (exact) mass is 340 g/mol. The van der Waals surface area contributed by atoms with Crippen molar-refractivity contribution in [1.82, 2.24) is 4.90 Å². The van der Waals surface area contributed by atoms with Gasteiger partial charge in [0.25, 0.3) is 0 Å². The van der Waals surface area contributed by atoms with Gasteiger partial charge in [-0.15, -0.1) is 6.58 Å². The summed E-state index contributed by atoms with van der Waals surface area (Å²) in [4.78, 5) is 4.40. The molecule has 0 unspecified atom stereocenters. The van der Waals surface area contributed by atoms with E-state index < -0.39 is 0 Å². The first-order chi connectivity index (χ1) is 12.1. The second kappa shape index (κ2) is 7.49. The fraction of sp³-hybridized carbons (Fsp3) is 0.300. The highest BCUT2D eigenvalue weighted by Crippen LogP contribution is 2.32. The summed E-state index contributed by atoms with van der Waals surface area (Å²) in [5.41, 5.74) is 2.52. The van der Waals surface area contributed by atoms with Gasteiger partial charge in [-0.2, -0.15) is 0 Å². The summed E-state index contributed by atoms with van der Waals surface area (Å²) in [5, 5.41) is 30.0. The molecule has 0 amide bonds. The van der Waals surface area contributed by atoms with Gasteiger partial charge in [0.1, 0.15) is 5.75 Å². The van der Waals surface area contributed by atoms with Crippen LogP contribution in [0.4, 0.5) is 5.69 Å². The van der Waals surface area contributed by atoms with E-state index in [2.05, 4.69) is 16.4 Å².